The summed E-state index contributed by atoms with van der Waals surface area (Å²) in [5.41, 5.74) is 0.514. The van der Waals surface area contributed by atoms with Crippen molar-refractivity contribution in [1.29, 1.82) is 0 Å². The molecule has 1 aliphatic rings. The van der Waals surface area contributed by atoms with Gasteiger partial charge in [0.25, 0.3) is 0 Å². The molecule has 1 aromatic carbocycles. The van der Waals surface area contributed by atoms with Crippen molar-refractivity contribution in [1.82, 2.24) is 0 Å². The quantitative estimate of drug-likeness (QED) is 0.629. The molecule has 138 valence electrons. The van der Waals surface area contributed by atoms with E-state index in [1.165, 1.54) is 17.3 Å². The molecule has 1 saturated heterocycles. The highest BCUT2D eigenvalue weighted by atomic mass is 32.2. The topological polar surface area (TPSA) is 35.5 Å². The Morgan fingerprint density at radius 3 is 2.20 bits per heavy atom. The zero-order chi connectivity index (χ0) is 18.7. The minimum absolute atomic E-state index is 0.216. The van der Waals surface area contributed by atoms with E-state index in [1.807, 2.05) is 13.0 Å². The van der Waals surface area contributed by atoms with E-state index in [0.29, 0.717) is 6.42 Å². The molecular formula is C20H31BO3S. The molecule has 3 nitrogen and oxygen atoms in total. The molecular weight excluding hydrogens is 331 g/mol. The average molecular weight is 362 g/mol. The van der Waals surface area contributed by atoms with Gasteiger partial charge in [-0.3, -0.25) is 4.79 Å². The summed E-state index contributed by atoms with van der Waals surface area (Å²) in [4.78, 5) is 12.4. The highest BCUT2D eigenvalue weighted by molar-refractivity contribution is 8.13. The van der Waals surface area contributed by atoms with Crippen LogP contribution in [0.5, 0.6) is 0 Å². The lowest BCUT2D eigenvalue weighted by molar-refractivity contribution is -0.111. The van der Waals surface area contributed by atoms with E-state index in [1.54, 1.807) is 0 Å². The zero-order valence-corrected chi connectivity index (χ0v) is 17.2. The summed E-state index contributed by atoms with van der Waals surface area (Å²) in [5, 5.41) is -0.132. The Morgan fingerprint density at radius 1 is 1.12 bits per heavy atom. The fourth-order valence-corrected chi connectivity index (χ4v) is 3.79. The number of hydrogen-bond donors (Lipinski definition) is 0. The molecule has 0 bridgehead atoms. The maximum Gasteiger partial charge on any atom is 0.464 e. The molecule has 0 unspecified atom stereocenters. The molecule has 1 heterocycles. The van der Waals surface area contributed by atoms with Crippen LogP contribution in [0.4, 0.5) is 0 Å². The van der Waals surface area contributed by atoms with Crippen LogP contribution < -0.4 is 0 Å². The second kappa shape index (κ2) is 7.85. The molecule has 2 rings (SSSR count). The molecule has 5 heteroatoms. The van der Waals surface area contributed by atoms with Gasteiger partial charge >= 0.3 is 7.12 Å². The minimum Gasteiger partial charge on any atom is -0.403 e. The molecule has 1 fully saturated rings. The van der Waals surface area contributed by atoms with Crippen molar-refractivity contribution in [2.24, 2.45) is 0 Å². The number of rotatable bonds is 7. The zero-order valence-electron chi connectivity index (χ0n) is 16.4. The van der Waals surface area contributed by atoms with Crippen molar-refractivity contribution >= 4 is 24.0 Å². The molecule has 0 N–H and O–H groups in total. The molecule has 0 amide bonds. The number of carbonyl (C=O) groups excluding carboxylic acids is 1. The van der Waals surface area contributed by atoms with Gasteiger partial charge in [0.15, 0.2) is 5.12 Å². The third kappa shape index (κ3) is 4.90. The highest BCUT2D eigenvalue weighted by Gasteiger charge is 2.57. The fourth-order valence-electron chi connectivity index (χ4n) is 3.03. The van der Waals surface area contributed by atoms with Crippen LogP contribution in [0.3, 0.4) is 0 Å². The van der Waals surface area contributed by atoms with Gasteiger partial charge in [0.1, 0.15) is 0 Å². The van der Waals surface area contributed by atoms with Gasteiger partial charge in [-0.1, -0.05) is 55.9 Å². The van der Waals surface area contributed by atoms with Gasteiger partial charge in [0.2, 0.25) is 0 Å². The van der Waals surface area contributed by atoms with E-state index in [2.05, 4.69) is 58.9 Å². The standard InChI is InChI=1S/C20H31BO3S/c1-7-25-17(22)15-20(6,14-13-16-11-9-8-10-12-16)21-23-18(2,3)19(4,5)24-21/h8-12H,7,13-15H2,1-6H3/t20-/m0/s1. The van der Waals surface area contributed by atoms with Gasteiger partial charge in [-0.2, -0.15) is 0 Å². The Labute approximate surface area is 157 Å². The lowest BCUT2D eigenvalue weighted by atomic mass is 9.54. The molecule has 25 heavy (non-hydrogen) atoms. The fraction of sp³-hybridized carbons (Fsp3) is 0.650. The highest BCUT2D eigenvalue weighted by Crippen LogP contribution is 2.49. The van der Waals surface area contributed by atoms with E-state index < -0.39 is 0 Å². The first-order valence-corrected chi connectivity index (χ1v) is 10.1. The summed E-state index contributed by atoms with van der Waals surface area (Å²) in [6, 6.07) is 10.4. The van der Waals surface area contributed by atoms with Crippen LogP contribution in [0.25, 0.3) is 0 Å². The van der Waals surface area contributed by atoms with E-state index in [-0.39, 0.29) is 28.8 Å². The predicted octanol–water partition coefficient (Wildman–Crippen LogP) is 5.14. The monoisotopic (exact) mass is 362 g/mol. The molecule has 1 atom stereocenters. The summed E-state index contributed by atoms with van der Waals surface area (Å²) < 4.78 is 12.6. The van der Waals surface area contributed by atoms with Gasteiger partial charge < -0.3 is 9.31 Å². The van der Waals surface area contributed by atoms with E-state index >= 15 is 0 Å². The maximum absolute atomic E-state index is 12.4. The Bertz CT molecular complexity index is 572. The summed E-state index contributed by atoms with van der Waals surface area (Å²) in [5.74, 6) is 0.803. The predicted molar refractivity (Wildman–Crippen MR) is 107 cm³/mol. The lowest BCUT2D eigenvalue weighted by Crippen LogP contribution is -2.41. The average Bonchev–Trinajstić information content (AvgIpc) is 2.75. The number of aryl methyl sites for hydroxylation is 1. The van der Waals surface area contributed by atoms with Crippen molar-refractivity contribution in [2.45, 2.75) is 77.3 Å². The largest absolute Gasteiger partial charge is 0.464 e. The van der Waals surface area contributed by atoms with Crippen molar-refractivity contribution in [3.63, 3.8) is 0 Å². The summed E-state index contributed by atoms with van der Waals surface area (Å²) in [6.07, 6.45) is 2.23. The Kier molecular flexibility index (Phi) is 6.45. The smallest absolute Gasteiger partial charge is 0.403 e. The molecule has 0 saturated carbocycles. The van der Waals surface area contributed by atoms with Crippen LogP contribution >= 0.6 is 11.8 Å². The first-order chi connectivity index (χ1) is 11.6. The molecule has 0 spiro atoms. The van der Waals surface area contributed by atoms with Gasteiger partial charge in [-0.25, -0.2) is 0 Å². The first kappa shape index (κ1) is 20.5. The van der Waals surface area contributed by atoms with Crippen LogP contribution in [0.2, 0.25) is 5.31 Å². The summed E-state index contributed by atoms with van der Waals surface area (Å²) >= 11 is 1.39. The molecule has 1 aromatic rings. The van der Waals surface area contributed by atoms with Gasteiger partial charge in [-0.05, 0) is 51.9 Å². The number of thioether (sulfide) groups is 1. The SMILES string of the molecule is CCSC(=O)C[C@](C)(CCc1ccccc1)B1OC(C)(C)C(C)(C)O1. The maximum atomic E-state index is 12.4. The van der Waals surface area contributed by atoms with Crippen molar-refractivity contribution in [2.75, 3.05) is 5.75 Å². The molecule has 0 radical (unpaired) electrons. The van der Waals surface area contributed by atoms with Crippen LogP contribution in [0.15, 0.2) is 30.3 Å². The second-order valence-corrected chi connectivity index (χ2v) is 9.53. The first-order valence-electron chi connectivity index (χ1n) is 9.15. The van der Waals surface area contributed by atoms with E-state index in [9.17, 15) is 4.79 Å². The molecule has 1 aliphatic heterocycles. The second-order valence-electron chi connectivity index (χ2n) is 8.21. The Hall–Kier alpha value is -0.775. The minimum atomic E-state index is -0.382. The van der Waals surface area contributed by atoms with Crippen molar-refractivity contribution in [3.05, 3.63) is 35.9 Å². The van der Waals surface area contributed by atoms with Gasteiger partial charge in [0.05, 0.1) is 11.2 Å². The Morgan fingerprint density at radius 2 is 1.68 bits per heavy atom. The van der Waals surface area contributed by atoms with Crippen molar-refractivity contribution < 1.29 is 14.1 Å². The van der Waals surface area contributed by atoms with Crippen LogP contribution in [0, 0.1) is 0 Å². The molecule has 0 aromatic heterocycles. The Balaban J connectivity index is 2.18. The van der Waals surface area contributed by atoms with E-state index in [4.69, 9.17) is 9.31 Å². The number of benzene rings is 1. The summed E-state index contributed by atoms with van der Waals surface area (Å²) in [7, 11) is -0.373. The van der Waals surface area contributed by atoms with Crippen molar-refractivity contribution in [3.8, 4) is 0 Å². The summed E-state index contributed by atoms with van der Waals surface area (Å²) in [6.45, 7) is 12.4. The lowest BCUT2D eigenvalue weighted by Gasteiger charge is -2.32. The van der Waals surface area contributed by atoms with Crippen LogP contribution in [-0.2, 0) is 20.5 Å². The van der Waals surface area contributed by atoms with E-state index in [0.717, 1.165) is 18.6 Å². The third-order valence-electron chi connectivity index (χ3n) is 5.50. The van der Waals surface area contributed by atoms with Gasteiger partial charge in [0, 0.05) is 11.7 Å². The number of hydrogen-bond acceptors (Lipinski definition) is 4. The third-order valence-corrected chi connectivity index (χ3v) is 6.26. The van der Waals surface area contributed by atoms with Crippen LogP contribution in [0.1, 0.15) is 59.9 Å². The normalized spacial score (nSPS) is 21.1. The molecule has 0 aliphatic carbocycles. The van der Waals surface area contributed by atoms with Gasteiger partial charge in [-0.15, -0.1) is 0 Å². The van der Waals surface area contributed by atoms with Crippen LogP contribution in [-0.4, -0.2) is 29.2 Å². The number of carbonyl (C=O) groups is 1.